The Hall–Kier alpha value is -4.05. The van der Waals surface area contributed by atoms with Crippen molar-refractivity contribution in [3.05, 3.63) is 122 Å². The Morgan fingerprint density at radius 2 is 0.525 bits per heavy atom. The molecule has 0 bridgehead atoms. The molecule has 0 aromatic carbocycles. The zero-order valence-corrected chi connectivity index (χ0v) is 65.3. The van der Waals surface area contributed by atoms with Crippen molar-refractivity contribution in [2.75, 3.05) is 39.6 Å². The minimum Gasteiger partial charge on any atom is -0.463 e. The molecule has 18 heteroatoms. The lowest BCUT2D eigenvalue weighted by molar-refractivity contribution is -0.161. The molecule has 0 saturated carbocycles. The largest absolute Gasteiger partial charge is 0.472 e. The lowest BCUT2D eigenvalue weighted by Crippen LogP contribution is -2.30. The van der Waals surface area contributed by atoms with Crippen LogP contribution in [0.4, 0.5) is 0 Å². The van der Waals surface area contributed by atoms with Crippen molar-refractivity contribution in [1.82, 2.24) is 0 Å². The van der Waals surface area contributed by atoms with Gasteiger partial charge in [0.25, 0.3) is 0 Å². The zero-order valence-electron chi connectivity index (χ0n) is 63.5. The number of carbonyl (C=O) groups is 3. The molecule has 4 N–H and O–H groups in total. The lowest BCUT2D eigenvalue weighted by atomic mass is 10.0. The van der Waals surface area contributed by atoms with E-state index in [9.17, 15) is 43.5 Å². The number of unbranched alkanes of at least 4 members (excludes halogenated alkanes) is 32. The van der Waals surface area contributed by atoms with Crippen molar-refractivity contribution >= 4 is 33.6 Å². The number of aliphatic hydroxyl groups excluding tert-OH is 2. The fourth-order valence-electron chi connectivity index (χ4n) is 10.7. The summed E-state index contributed by atoms with van der Waals surface area (Å²) in [5, 5.41) is 20.6. The number of phosphoric acid groups is 2. The van der Waals surface area contributed by atoms with Crippen molar-refractivity contribution in [3.63, 3.8) is 0 Å². The van der Waals surface area contributed by atoms with Crippen LogP contribution >= 0.6 is 15.6 Å². The summed E-state index contributed by atoms with van der Waals surface area (Å²) in [6.45, 7) is 2.47. The van der Waals surface area contributed by atoms with E-state index in [-0.39, 0.29) is 19.3 Å². The molecule has 0 radical (unpaired) electrons. The summed E-state index contributed by atoms with van der Waals surface area (Å²) in [5.74, 6) is -1.58. The van der Waals surface area contributed by atoms with Crippen LogP contribution in [0.1, 0.15) is 329 Å². The molecule has 0 heterocycles. The van der Waals surface area contributed by atoms with Gasteiger partial charge in [0, 0.05) is 19.3 Å². The molecule has 0 spiro atoms. The van der Waals surface area contributed by atoms with Crippen molar-refractivity contribution in [3.8, 4) is 0 Å². The van der Waals surface area contributed by atoms with Crippen molar-refractivity contribution in [2.45, 2.75) is 347 Å². The van der Waals surface area contributed by atoms with E-state index in [2.05, 4.69) is 142 Å². The summed E-state index contributed by atoms with van der Waals surface area (Å²) in [6, 6.07) is 0. The second-order valence-electron chi connectivity index (χ2n) is 26.5. The topological polar surface area (TPSA) is 231 Å². The number of phosphoric ester groups is 2. The normalized spacial score (nSPS) is 14.6. The van der Waals surface area contributed by atoms with E-state index >= 15 is 0 Å². The molecule has 0 aromatic heterocycles. The summed E-state index contributed by atoms with van der Waals surface area (Å²) >= 11 is 0. The van der Waals surface area contributed by atoms with E-state index in [1.807, 2.05) is 0 Å². The van der Waals surface area contributed by atoms with Crippen LogP contribution in [-0.2, 0) is 55.8 Å². The molecule has 5 unspecified atom stereocenters. The van der Waals surface area contributed by atoms with Gasteiger partial charge in [-0.3, -0.25) is 32.5 Å². The SMILES string of the molecule is CC/C=C\C/C=C\C/C=C\C/C=C\C/C=C\C/C=C\CCCCCCCCCCCCCCC(=O)OCC(O)COP(=O)(O)OCC(O)COP(=O)(O)OCC(COC(=O)CCCCCCCC/C=C\C/C=C\C/C=C\C/C=C\CC)OC(=O)CCCCCCCCCCCCCCCCC. The first-order valence-electron chi connectivity index (χ1n) is 39.8. The number of hydrogen-bond donors (Lipinski definition) is 4. The Morgan fingerprint density at radius 3 is 0.832 bits per heavy atom. The van der Waals surface area contributed by atoms with Gasteiger partial charge in [0.05, 0.1) is 26.4 Å². The summed E-state index contributed by atoms with van der Waals surface area (Å²) < 4.78 is 61.1. The van der Waals surface area contributed by atoms with Gasteiger partial charge in [-0.15, -0.1) is 0 Å². The molecule has 0 aliphatic carbocycles. The van der Waals surface area contributed by atoms with E-state index < -0.39 is 91.5 Å². The summed E-state index contributed by atoms with van der Waals surface area (Å²) in [6.07, 6.45) is 89.6. The molecule has 5 atom stereocenters. The quantitative estimate of drug-likeness (QED) is 0.0146. The second kappa shape index (κ2) is 75.6. The molecule has 582 valence electrons. The second-order valence-corrected chi connectivity index (χ2v) is 29.4. The minimum absolute atomic E-state index is 0.104. The number of carbonyl (C=O) groups excluding carboxylic acids is 3. The molecule has 0 aliphatic heterocycles. The van der Waals surface area contributed by atoms with Crippen molar-refractivity contribution in [2.24, 2.45) is 0 Å². The van der Waals surface area contributed by atoms with E-state index in [0.717, 1.165) is 154 Å². The number of hydrogen-bond acceptors (Lipinski definition) is 14. The highest BCUT2D eigenvalue weighted by atomic mass is 31.2. The third-order valence-electron chi connectivity index (χ3n) is 16.7. The molecular weight excluding hydrogens is 1310 g/mol. The Balaban J connectivity index is 4.49. The third-order valence-corrected chi connectivity index (χ3v) is 18.6. The van der Waals surface area contributed by atoms with Crippen LogP contribution in [0.15, 0.2) is 122 Å². The number of rotatable bonds is 75. The predicted molar refractivity (Wildman–Crippen MR) is 417 cm³/mol. The van der Waals surface area contributed by atoms with Crippen LogP contribution in [0.3, 0.4) is 0 Å². The molecule has 0 amide bonds. The fraction of sp³-hybridized carbons (Fsp3) is 0.723. The van der Waals surface area contributed by atoms with E-state index in [1.165, 1.54) is 116 Å². The average Bonchev–Trinajstić information content (AvgIpc) is 0.980. The average molecular weight is 1460 g/mol. The van der Waals surface area contributed by atoms with Crippen LogP contribution in [0.25, 0.3) is 0 Å². The molecule has 16 nitrogen and oxygen atoms in total. The third kappa shape index (κ3) is 76.9. The lowest BCUT2D eigenvalue weighted by Gasteiger charge is -2.21. The van der Waals surface area contributed by atoms with Gasteiger partial charge >= 0.3 is 33.6 Å². The highest BCUT2D eigenvalue weighted by molar-refractivity contribution is 7.47. The molecule has 0 aliphatic rings. The van der Waals surface area contributed by atoms with Crippen LogP contribution in [0, 0.1) is 0 Å². The smallest absolute Gasteiger partial charge is 0.463 e. The maximum absolute atomic E-state index is 13.0. The Bertz CT molecular complexity index is 2320. The number of aliphatic hydroxyl groups is 2. The van der Waals surface area contributed by atoms with Crippen molar-refractivity contribution < 1.29 is 75.8 Å². The van der Waals surface area contributed by atoms with E-state index in [4.69, 9.17) is 32.3 Å². The monoisotopic (exact) mass is 1460 g/mol. The van der Waals surface area contributed by atoms with Gasteiger partial charge in [0.2, 0.25) is 0 Å². The maximum Gasteiger partial charge on any atom is 0.472 e. The molecule has 0 rings (SSSR count). The van der Waals surface area contributed by atoms with Gasteiger partial charge in [-0.05, 0) is 109 Å². The number of allylic oxidation sites excluding steroid dienone is 20. The molecular formula is C83H144O16P2. The Morgan fingerprint density at radius 1 is 0.287 bits per heavy atom. The first-order valence-corrected chi connectivity index (χ1v) is 42.8. The Kier molecular flexibility index (Phi) is 72.6. The highest BCUT2D eigenvalue weighted by Gasteiger charge is 2.29. The first-order chi connectivity index (χ1) is 49.2. The van der Waals surface area contributed by atoms with E-state index in [0.29, 0.717) is 19.3 Å². The van der Waals surface area contributed by atoms with E-state index in [1.54, 1.807) is 0 Å². The molecule has 0 fully saturated rings. The van der Waals surface area contributed by atoms with Gasteiger partial charge < -0.3 is 34.2 Å². The Labute approximate surface area is 614 Å². The molecule has 0 aromatic rings. The fourth-order valence-corrected chi connectivity index (χ4v) is 12.3. The number of ether oxygens (including phenoxy) is 3. The predicted octanol–water partition coefficient (Wildman–Crippen LogP) is 23.3. The van der Waals surface area contributed by atoms with Crippen LogP contribution in [-0.4, -0.2) is 95.9 Å². The van der Waals surface area contributed by atoms with Crippen LogP contribution < -0.4 is 0 Å². The highest BCUT2D eigenvalue weighted by Crippen LogP contribution is 2.45. The summed E-state index contributed by atoms with van der Waals surface area (Å²) in [4.78, 5) is 58.6. The number of esters is 3. The van der Waals surface area contributed by atoms with Crippen molar-refractivity contribution in [1.29, 1.82) is 0 Å². The van der Waals surface area contributed by atoms with Crippen LogP contribution in [0.5, 0.6) is 0 Å². The van der Waals surface area contributed by atoms with Gasteiger partial charge in [-0.25, -0.2) is 9.13 Å². The minimum atomic E-state index is -4.93. The first kappa shape index (κ1) is 97.0. The van der Waals surface area contributed by atoms with Gasteiger partial charge in [-0.1, -0.05) is 322 Å². The summed E-state index contributed by atoms with van der Waals surface area (Å²) in [5.41, 5.74) is 0. The van der Waals surface area contributed by atoms with Gasteiger partial charge in [0.15, 0.2) is 6.10 Å². The summed E-state index contributed by atoms with van der Waals surface area (Å²) in [7, 11) is -9.79. The van der Waals surface area contributed by atoms with Crippen LogP contribution in [0.2, 0.25) is 0 Å². The maximum atomic E-state index is 13.0. The van der Waals surface area contributed by atoms with Gasteiger partial charge in [0.1, 0.15) is 25.4 Å². The molecule has 101 heavy (non-hydrogen) atoms. The van der Waals surface area contributed by atoms with Gasteiger partial charge in [-0.2, -0.15) is 0 Å². The zero-order chi connectivity index (χ0) is 73.7. The standard InChI is InChI=1S/C83H144O16P2/c1-4-7-10-13-16-19-22-25-28-30-32-33-34-35-36-37-38-39-40-41-42-43-45-47-49-51-54-57-60-63-66-69-81(86)93-72-78(84)73-95-100(89,90)96-74-79(85)75-97-101(91,92)98-77-80(99-83(88)71-68-65-62-59-56-53-48-27-24-21-18-15-12-9-6-3)76-94-82(87)70-67-64-61-58-55-52-50-46-44-31-29-26-23-20-17-14-11-8-5-2/h7-8,10-11,16-17,19-20,25-26,28-29,32-33,35-36,38-39,44,46,78-80,84-85H,4-6,9,12-15,18,21-24,27,30-31,34,37,40-43,45,47-77H2,1-3H3,(H,89,90)(H,91,92)/b10-7-,11-8-,19-16-,20-17-,28-25-,29-26-,33-32-,36-35-,39-38-,46-44-. The molecule has 0 saturated heterocycles.